The van der Waals surface area contributed by atoms with Crippen LogP contribution in [0, 0.1) is 11.7 Å². The smallest absolute Gasteiger partial charge is 0.435 e. The molecule has 1 aromatic heterocycles. The van der Waals surface area contributed by atoms with Gasteiger partial charge < -0.3 is 10.0 Å². The first-order chi connectivity index (χ1) is 17.1. The van der Waals surface area contributed by atoms with Crippen LogP contribution in [0.1, 0.15) is 54.6 Å². The number of amides is 1. The van der Waals surface area contributed by atoms with Crippen LogP contribution in [0.15, 0.2) is 24.3 Å². The van der Waals surface area contributed by atoms with Crippen molar-refractivity contribution >= 4 is 11.9 Å². The molecule has 194 valence electrons. The number of halogens is 4. The van der Waals surface area contributed by atoms with Gasteiger partial charge in [0.25, 0.3) is 0 Å². The van der Waals surface area contributed by atoms with Gasteiger partial charge in [-0.1, -0.05) is 18.6 Å². The summed E-state index contributed by atoms with van der Waals surface area (Å²) in [6.45, 7) is 0.347. The fourth-order valence-corrected chi connectivity index (χ4v) is 6.01. The van der Waals surface area contributed by atoms with E-state index in [-0.39, 0.29) is 56.2 Å². The van der Waals surface area contributed by atoms with E-state index in [0.717, 1.165) is 19.3 Å². The van der Waals surface area contributed by atoms with E-state index in [1.54, 1.807) is 4.90 Å². The van der Waals surface area contributed by atoms with E-state index in [9.17, 15) is 32.3 Å². The number of carboxylic acids is 1. The van der Waals surface area contributed by atoms with Crippen molar-refractivity contribution in [2.45, 2.75) is 69.9 Å². The minimum Gasteiger partial charge on any atom is -0.481 e. The molecule has 1 N–H and O–H groups in total. The molecule has 2 saturated heterocycles. The lowest BCUT2D eigenvalue weighted by Crippen LogP contribution is -2.56. The number of carboxylic acid groups (broad SMARTS) is 1. The Morgan fingerprint density at radius 2 is 1.75 bits per heavy atom. The maximum Gasteiger partial charge on any atom is 0.435 e. The van der Waals surface area contributed by atoms with Crippen molar-refractivity contribution in [2.24, 2.45) is 5.92 Å². The summed E-state index contributed by atoms with van der Waals surface area (Å²) in [5, 5.41) is 13.3. The number of aliphatic carboxylic acids is 1. The van der Waals surface area contributed by atoms with E-state index >= 15 is 0 Å². The Labute approximate surface area is 205 Å². The van der Waals surface area contributed by atoms with Gasteiger partial charge >= 0.3 is 12.1 Å². The minimum absolute atomic E-state index is 0.0133. The summed E-state index contributed by atoms with van der Waals surface area (Å²) in [6, 6.07) is 5.56. The molecule has 0 radical (unpaired) electrons. The van der Waals surface area contributed by atoms with Gasteiger partial charge in [-0.05, 0) is 49.8 Å². The summed E-state index contributed by atoms with van der Waals surface area (Å²) < 4.78 is 55.7. The molecule has 2 aromatic rings. The van der Waals surface area contributed by atoms with E-state index in [1.807, 2.05) is 0 Å². The Hall–Kier alpha value is -2.95. The van der Waals surface area contributed by atoms with E-state index in [4.69, 9.17) is 0 Å². The van der Waals surface area contributed by atoms with Gasteiger partial charge in [-0.25, -0.2) is 4.39 Å². The summed E-state index contributed by atoms with van der Waals surface area (Å²) >= 11 is 0. The zero-order valence-electron chi connectivity index (χ0n) is 19.7. The Morgan fingerprint density at radius 3 is 2.36 bits per heavy atom. The van der Waals surface area contributed by atoms with Gasteiger partial charge in [0.2, 0.25) is 5.91 Å². The number of piperidine rings is 2. The summed E-state index contributed by atoms with van der Waals surface area (Å²) in [7, 11) is 0. The SMILES string of the molecule is O=C(O)C1CC2CCCC(C1)N2CC(=O)N1CCc2c(C(F)(F)F)nn(Cc3ccc(F)cc3)c2C1. The maximum atomic E-state index is 13.7. The molecular weight excluding hydrogens is 480 g/mol. The molecule has 2 bridgehead atoms. The van der Waals surface area contributed by atoms with Crippen LogP contribution in [0.5, 0.6) is 0 Å². The lowest BCUT2D eigenvalue weighted by atomic mass is 9.78. The van der Waals surface area contributed by atoms with Crippen molar-refractivity contribution < 1.29 is 32.3 Å². The van der Waals surface area contributed by atoms with Gasteiger partial charge in [0, 0.05) is 24.2 Å². The molecule has 2 fully saturated rings. The molecule has 1 aromatic carbocycles. The standard InChI is InChI=1S/C25H28F4N4O3/c26-17-6-4-15(5-7-17)12-33-21-13-31(9-8-20(21)23(30-33)25(27,28)29)22(34)14-32-18-2-1-3-19(32)11-16(10-18)24(35)36/h4-7,16,18-19H,1-3,8-14H2,(H,35,36). The van der Waals surface area contributed by atoms with Gasteiger partial charge in [-0.2, -0.15) is 18.3 Å². The highest BCUT2D eigenvalue weighted by Gasteiger charge is 2.43. The number of benzene rings is 1. The van der Waals surface area contributed by atoms with E-state index in [0.29, 0.717) is 24.1 Å². The van der Waals surface area contributed by atoms with Crippen LogP contribution in [-0.2, 0) is 35.3 Å². The van der Waals surface area contributed by atoms with Gasteiger partial charge in [-0.15, -0.1) is 0 Å². The van der Waals surface area contributed by atoms with Crippen molar-refractivity contribution in [1.82, 2.24) is 19.6 Å². The fourth-order valence-electron chi connectivity index (χ4n) is 6.01. The van der Waals surface area contributed by atoms with Crippen molar-refractivity contribution in [3.63, 3.8) is 0 Å². The molecule has 0 spiro atoms. The number of hydrogen-bond donors (Lipinski definition) is 1. The first kappa shape index (κ1) is 24.7. The van der Waals surface area contributed by atoms with Gasteiger partial charge in [0.05, 0.1) is 31.2 Å². The second-order valence-electron chi connectivity index (χ2n) is 10.0. The Balaban J connectivity index is 1.34. The molecule has 0 aliphatic carbocycles. The Bertz CT molecular complexity index is 1130. The minimum atomic E-state index is -4.61. The van der Waals surface area contributed by atoms with Crippen LogP contribution < -0.4 is 0 Å². The summed E-state index contributed by atoms with van der Waals surface area (Å²) in [5.41, 5.74) is 0.119. The Kier molecular flexibility index (Phi) is 6.52. The molecule has 5 rings (SSSR count). The molecule has 11 heteroatoms. The van der Waals surface area contributed by atoms with Crippen LogP contribution in [0.2, 0.25) is 0 Å². The molecule has 2 unspecified atom stereocenters. The largest absolute Gasteiger partial charge is 0.481 e. The van der Waals surface area contributed by atoms with Gasteiger partial charge in [-0.3, -0.25) is 19.2 Å². The number of hydrogen-bond acceptors (Lipinski definition) is 4. The van der Waals surface area contributed by atoms with E-state index in [2.05, 4.69) is 10.00 Å². The van der Waals surface area contributed by atoms with Crippen molar-refractivity contribution in [2.75, 3.05) is 13.1 Å². The summed E-state index contributed by atoms with van der Waals surface area (Å²) in [5.74, 6) is -1.80. The third kappa shape index (κ3) is 4.85. The molecule has 4 heterocycles. The van der Waals surface area contributed by atoms with Gasteiger partial charge in [0.15, 0.2) is 5.69 Å². The van der Waals surface area contributed by atoms with Crippen molar-refractivity contribution in [3.8, 4) is 0 Å². The lowest BCUT2D eigenvalue weighted by molar-refractivity contribution is -0.147. The van der Waals surface area contributed by atoms with Crippen LogP contribution in [-0.4, -0.2) is 61.7 Å². The topological polar surface area (TPSA) is 78.7 Å². The summed E-state index contributed by atoms with van der Waals surface area (Å²) in [6.07, 6.45) is -0.842. The first-order valence-corrected chi connectivity index (χ1v) is 12.3. The van der Waals surface area contributed by atoms with Crippen LogP contribution in [0.25, 0.3) is 0 Å². The quantitative estimate of drug-likeness (QED) is 0.624. The highest BCUT2D eigenvalue weighted by Crippen LogP contribution is 2.38. The molecular formula is C25H28F4N4O3. The van der Waals surface area contributed by atoms with E-state index < -0.39 is 29.6 Å². The fraction of sp³-hybridized carbons (Fsp3) is 0.560. The van der Waals surface area contributed by atoms with Crippen LogP contribution in [0.3, 0.4) is 0 Å². The number of carbonyl (C=O) groups is 2. The third-order valence-corrected chi connectivity index (χ3v) is 7.80. The zero-order chi connectivity index (χ0) is 25.6. The zero-order valence-corrected chi connectivity index (χ0v) is 19.7. The van der Waals surface area contributed by atoms with Crippen molar-refractivity contribution in [1.29, 1.82) is 0 Å². The highest BCUT2D eigenvalue weighted by atomic mass is 19.4. The van der Waals surface area contributed by atoms with Crippen LogP contribution in [0.4, 0.5) is 17.6 Å². The Morgan fingerprint density at radius 1 is 1.08 bits per heavy atom. The van der Waals surface area contributed by atoms with E-state index in [1.165, 1.54) is 28.9 Å². The number of aromatic nitrogens is 2. The number of nitrogens with zero attached hydrogens (tertiary/aromatic N) is 4. The predicted molar refractivity (Wildman–Crippen MR) is 120 cm³/mol. The monoisotopic (exact) mass is 508 g/mol. The number of alkyl halides is 3. The molecule has 3 aliphatic heterocycles. The first-order valence-electron chi connectivity index (χ1n) is 12.3. The predicted octanol–water partition coefficient (Wildman–Crippen LogP) is 3.69. The number of rotatable bonds is 5. The van der Waals surface area contributed by atoms with Crippen molar-refractivity contribution in [3.05, 3.63) is 52.6 Å². The number of fused-ring (bicyclic) bond motifs is 3. The van der Waals surface area contributed by atoms with Gasteiger partial charge in [0.1, 0.15) is 5.82 Å². The normalized spacial score (nSPS) is 24.4. The lowest BCUT2D eigenvalue weighted by Gasteiger charge is -2.48. The molecule has 3 aliphatic rings. The average molecular weight is 509 g/mol. The molecule has 1 amide bonds. The molecule has 7 nitrogen and oxygen atoms in total. The maximum absolute atomic E-state index is 13.7. The van der Waals surface area contributed by atoms with Crippen LogP contribution >= 0.6 is 0 Å². The molecule has 2 atom stereocenters. The average Bonchev–Trinajstić information content (AvgIpc) is 3.18. The second kappa shape index (κ2) is 9.49. The summed E-state index contributed by atoms with van der Waals surface area (Å²) in [4.78, 5) is 28.5. The molecule has 0 saturated carbocycles. The number of carbonyl (C=O) groups excluding carboxylic acids is 1. The molecule has 36 heavy (non-hydrogen) atoms. The third-order valence-electron chi connectivity index (χ3n) is 7.80. The highest BCUT2D eigenvalue weighted by molar-refractivity contribution is 5.79. The second-order valence-corrected chi connectivity index (χ2v) is 10.0.